The lowest BCUT2D eigenvalue weighted by molar-refractivity contribution is 0.102. The summed E-state index contributed by atoms with van der Waals surface area (Å²) in [6, 6.07) is 7.57. The van der Waals surface area contributed by atoms with Crippen molar-refractivity contribution >= 4 is 11.9 Å². The average molecular weight is 337 g/mol. The molecule has 1 amide bonds. The summed E-state index contributed by atoms with van der Waals surface area (Å²) in [7, 11) is 0. The van der Waals surface area contributed by atoms with E-state index in [-0.39, 0.29) is 5.91 Å². The first kappa shape index (κ1) is 15.5. The van der Waals surface area contributed by atoms with Gasteiger partial charge < -0.3 is 0 Å². The zero-order valence-electron chi connectivity index (χ0n) is 13.7. The van der Waals surface area contributed by atoms with Crippen LogP contribution >= 0.6 is 0 Å². The molecule has 0 radical (unpaired) electrons. The van der Waals surface area contributed by atoms with Crippen LogP contribution in [0, 0.1) is 0 Å². The molecule has 1 aliphatic rings. The number of aromatic amines is 1. The van der Waals surface area contributed by atoms with Crippen LogP contribution in [0.25, 0.3) is 11.4 Å². The Balaban J connectivity index is 1.47. The van der Waals surface area contributed by atoms with Gasteiger partial charge in [0.1, 0.15) is 12.7 Å². The number of hydrogen-bond donors (Lipinski definition) is 2. The average Bonchev–Trinajstić information content (AvgIpc) is 3.35. The van der Waals surface area contributed by atoms with E-state index in [4.69, 9.17) is 0 Å². The Morgan fingerprint density at radius 2 is 2.08 bits per heavy atom. The lowest BCUT2D eigenvalue weighted by atomic mass is 9.96. The van der Waals surface area contributed by atoms with Crippen LogP contribution in [0.1, 0.15) is 48.5 Å². The molecule has 3 aromatic rings. The molecule has 1 aliphatic carbocycles. The van der Waals surface area contributed by atoms with E-state index < -0.39 is 0 Å². The number of amides is 1. The number of hydrogen-bond acceptors (Lipinski definition) is 5. The topological polar surface area (TPSA) is 101 Å². The van der Waals surface area contributed by atoms with Crippen molar-refractivity contribution in [2.45, 2.75) is 38.1 Å². The summed E-state index contributed by atoms with van der Waals surface area (Å²) in [6.07, 6.45) is 9.12. The van der Waals surface area contributed by atoms with Crippen LogP contribution in [-0.4, -0.2) is 35.9 Å². The summed E-state index contributed by atoms with van der Waals surface area (Å²) in [6.45, 7) is 0. The van der Waals surface area contributed by atoms with Gasteiger partial charge in [-0.3, -0.25) is 15.2 Å². The molecule has 1 fully saturated rings. The van der Waals surface area contributed by atoms with Gasteiger partial charge in [-0.15, -0.1) is 5.10 Å². The highest BCUT2D eigenvalue weighted by atomic mass is 16.1. The van der Waals surface area contributed by atoms with Gasteiger partial charge in [0.25, 0.3) is 5.91 Å². The molecule has 8 nitrogen and oxygen atoms in total. The molecule has 1 aromatic carbocycles. The molecule has 25 heavy (non-hydrogen) atoms. The molecule has 1 saturated carbocycles. The Labute approximate surface area is 144 Å². The maximum absolute atomic E-state index is 12.5. The number of benzene rings is 1. The predicted molar refractivity (Wildman–Crippen MR) is 91.9 cm³/mol. The lowest BCUT2D eigenvalue weighted by Crippen LogP contribution is -2.15. The number of rotatable bonds is 4. The van der Waals surface area contributed by atoms with Crippen LogP contribution in [0.5, 0.6) is 0 Å². The lowest BCUT2D eigenvalue weighted by Gasteiger charge is -2.21. The minimum absolute atomic E-state index is 0.247. The summed E-state index contributed by atoms with van der Waals surface area (Å²) in [5.41, 5.74) is 1.31. The number of aromatic nitrogens is 6. The first-order valence-corrected chi connectivity index (χ1v) is 8.48. The number of carbonyl (C=O) groups is 1. The highest BCUT2D eigenvalue weighted by Crippen LogP contribution is 2.27. The van der Waals surface area contributed by atoms with Crippen molar-refractivity contribution in [3.05, 3.63) is 42.5 Å². The van der Waals surface area contributed by atoms with Gasteiger partial charge in [-0.25, -0.2) is 14.6 Å². The monoisotopic (exact) mass is 337 g/mol. The minimum atomic E-state index is -0.247. The number of nitrogens with zero attached hydrogens (tertiary/aromatic N) is 5. The molecule has 2 heterocycles. The molecular weight excluding hydrogens is 318 g/mol. The number of H-pyrrole nitrogens is 1. The fourth-order valence-electron chi connectivity index (χ4n) is 3.18. The van der Waals surface area contributed by atoms with Crippen molar-refractivity contribution in [2.24, 2.45) is 0 Å². The van der Waals surface area contributed by atoms with Crippen LogP contribution in [-0.2, 0) is 0 Å². The second-order valence-corrected chi connectivity index (χ2v) is 6.21. The first-order chi connectivity index (χ1) is 12.3. The van der Waals surface area contributed by atoms with Crippen LogP contribution in [0.4, 0.5) is 5.95 Å². The van der Waals surface area contributed by atoms with Crippen LogP contribution < -0.4 is 5.32 Å². The van der Waals surface area contributed by atoms with Gasteiger partial charge in [-0.05, 0) is 25.0 Å². The van der Waals surface area contributed by atoms with Crippen molar-refractivity contribution in [1.29, 1.82) is 0 Å². The molecule has 2 aromatic heterocycles. The van der Waals surface area contributed by atoms with Crippen molar-refractivity contribution in [2.75, 3.05) is 5.32 Å². The fraction of sp³-hybridized carbons (Fsp3) is 0.353. The first-order valence-electron chi connectivity index (χ1n) is 8.48. The quantitative estimate of drug-likeness (QED) is 0.762. The Hall–Kier alpha value is -3.03. The second kappa shape index (κ2) is 6.84. The van der Waals surface area contributed by atoms with Gasteiger partial charge in [-0.2, -0.15) is 5.10 Å². The Bertz CT molecular complexity index is 850. The summed E-state index contributed by atoms with van der Waals surface area (Å²) in [5.74, 6) is 0.706. The summed E-state index contributed by atoms with van der Waals surface area (Å²) in [4.78, 5) is 20.8. The van der Waals surface area contributed by atoms with E-state index in [2.05, 4.69) is 30.6 Å². The Morgan fingerprint density at radius 3 is 2.88 bits per heavy atom. The SMILES string of the molecule is O=C(Nc1ncn(C2CCCCC2)n1)c1cccc(-c2ncn[nH]2)c1. The molecule has 0 saturated heterocycles. The van der Waals surface area contributed by atoms with Crippen molar-refractivity contribution in [1.82, 2.24) is 29.9 Å². The number of carbonyl (C=O) groups excluding carboxylic acids is 1. The van der Waals surface area contributed by atoms with Crippen molar-refractivity contribution in [3.63, 3.8) is 0 Å². The zero-order valence-corrected chi connectivity index (χ0v) is 13.7. The molecule has 0 atom stereocenters. The third kappa shape index (κ3) is 3.42. The summed E-state index contributed by atoms with van der Waals surface area (Å²) in [5, 5.41) is 13.8. The van der Waals surface area contributed by atoms with Gasteiger partial charge in [0, 0.05) is 11.1 Å². The van der Waals surface area contributed by atoms with Gasteiger partial charge in [0.2, 0.25) is 5.95 Å². The molecular formula is C17H19N7O. The molecule has 0 unspecified atom stereocenters. The van der Waals surface area contributed by atoms with Crippen LogP contribution in [0.3, 0.4) is 0 Å². The number of anilines is 1. The minimum Gasteiger partial charge on any atom is -0.289 e. The Morgan fingerprint density at radius 1 is 1.20 bits per heavy atom. The molecule has 0 aliphatic heterocycles. The van der Waals surface area contributed by atoms with E-state index >= 15 is 0 Å². The molecule has 2 N–H and O–H groups in total. The molecule has 0 bridgehead atoms. The van der Waals surface area contributed by atoms with Crippen molar-refractivity contribution < 1.29 is 4.79 Å². The summed E-state index contributed by atoms with van der Waals surface area (Å²) < 4.78 is 1.87. The Kier molecular flexibility index (Phi) is 4.24. The summed E-state index contributed by atoms with van der Waals surface area (Å²) >= 11 is 0. The molecule has 4 rings (SSSR count). The van der Waals surface area contributed by atoms with E-state index in [1.807, 2.05) is 10.7 Å². The predicted octanol–water partition coefficient (Wildman–Crippen LogP) is 2.82. The van der Waals surface area contributed by atoms with E-state index in [0.717, 1.165) is 18.4 Å². The second-order valence-electron chi connectivity index (χ2n) is 6.21. The van der Waals surface area contributed by atoms with Crippen LogP contribution in [0.2, 0.25) is 0 Å². The zero-order chi connectivity index (χ0) is 17.1. The largest absolute Gasteiger partial charge is 0.289 e. The van der Waals surface area contributed by atoms with Gasteiger partial charge >= 0.3 is 0 Å². The third-order valence-electron chi connectivity index (χ3n) is 4.50. The van der Waals surface area contributed by atoms with E-state index in [1.165, 1.54) is 25.6 Å². The normalized spacial score (nSPS) is 15.2. The third-order valence-corrected chi connectivity index (χ3v) is 4.50. The van der Waals surface area contributed by atoms with E-state index in [0.29, 0.717) is 23.4 Å². The molecule has 8 heteroatoms. The van der Waals surface area contributed by atoms with E-state index in [1.54, 1.807) is 24.5 Å². The molecule has 128 valence electrons. The number of nitrogens with one attached hydrogen (secondary N) is 2. The van der Waals surface area contributed by atoms with E-state index in [9.17, 15) is 4.79 Å². The van der Waals surface area contributed by atoms with Crippen molar-refractivity contribution in [3.8, 4) is 11.4 Å². The maximum Gasteiger partial charge on any atom is 0.258 e. The highest BCUT2D eigenvalue weighted by molar-refractivity contribution is 6.03. The van der Waals surface area contributed by atoms with Gasteiger partial charge in [0.15, 0.2) is 5.82 Å². The molecule has 0 spiro atoms. The van der Waals surface area contributed by atoms with Gasteiger partial charge in [-0.1, -0.05) is 31.4 Å². The van der Waals surface area contributed by atoms with Gasteiger partial charge in [0.05, 0.1) is 6.04 Å². The fourth-order valence-corrected chi connectivity index (χ4v) is 3.18. The smallest absolute Gasteiger partial charge is 0.258 e. The maximum atomic E-state index is 12.5. The standard InChI is InChI=1S/C17H19N7O/c25-16(13-6-4-5-12(9-13)15-18-10-20-22-15)21-17-19-11-24(23-17)14-7-2-1-3-8-14/h4-6,9-11,14H,1-3,7-8H2,(H,18,20,22)(H,21,23,25). The highest BCUT2D eigenvalue weighted by Gasteiger charge is 2.17. The van der Waals surface area contributed by atoms with Crippen LogP contribution in [0.15, 0.2) is 36.9 Å².